The van der Waals surface area contributed by atoms with Crippen molar-refractivity contribution >= 4 is 5.69 Å². The van der Waals surface area contributed by atoms with Gasteiger partial charge in [0.15, 0.2) is 0 Å². The quantitative estimate of drug-likeness (QED) is 0.784. The summed E-state index contributed by atoms with van der Waals surface area (Å²) in [5, 5.41) is 11.9. The molecular formula is C14H18N2O2. The smallest absolute Gasteiger partial charge is 0.121 e. The Labute approximate surface area is 108 Å². The van der Waals surface area contributed by atoms with E-state index in [0.29, 0.717) is 19.1 Å². The van der Waals surface area contributed by atoms with Crippen molar-refractivity contribution < 1.29 is 9.47 Å². The van der Waals surface area contributed by atoms with Crippen molar-refractivity contribution in [3.63, 3.8) is 0 Å². The molecule has 1 N–H and O–H groups in total. The Morgan fingerprint density at radius 2 is 2.44 bits per heavy atom. The largest absolute Gasteiger partial charge is 0.493 e. The van der Waals surface area contributed by atoms with Gasteiger partial charge in [-0.3, -0.25) is 0 Å². The first kappa shape index (κ1) is 12.7. The highest BCUT2D eigenvalue weighted by atomic mass is 16.5. The van der Waals surface area contributed by atoms with Gasteiger partial charge in [0.2, 0.25) is 0 Å². The number of rotatable bonds is 6. The zero-order valence-electron chi connectivity index (χ0n) is 10.4. The molecule has 0 spiro atoms. The van der Waals surface area contributed by atoms with Gasteiger partial charge in [0.1, 0.15) is 5.75 Å². The molecule has 1 unspecified atom stereocenters. The molecule has 0 amide bonds. The van der Waals surface area contributed by atoms with E-state index < -0.39 is 0 Å². The molecule has 1 aromatic carbocycles. The average molecular weight is 246 g/mol. The monoisotopic (exact) mass is 246 g/mol. The second kappa shape index (κ2) is 6.87. The summed E-state index contributed by atoms with van der Waals surface area (Å²) in [6.45, 7) is 2.19. The molecule has 1 aliphatic heterocycles. The van der Waals surface area contributed by atoms with Gasteiger partial charge in [-0.25, -0.2) is 0 Å². The van der Waals surface area contributed by atoms with Gasteiger partial charge in [-0.05, 0) is 25.0 Å². The van der Waals surface area contributed by atoms with Crippen LogP contribution in [0.4, 0.5) is 5.69 Å². The zero-order chi connectivity index (χ0) is 12.6. The number of nitrogens with one attached hydrogen (secondary N) is 1. The number of hydrogen-bond acceptors (Lipinski definition) is 4. The molecular weight excluding hydrogens is 228 g/mol. The van der Waals surface area contributed by atoms with Gasteiger partial charge in [0, 0.05) is 24.8 Å². The van der Waals surface area contributed by atoms with Crippen LogP contribution in [0.2, 0.25) is 0 Å². The molecule has 0 radical (unpaired) electrons. The highest BCUT2D eigenvalue weighted by molar-refractivity contribution is 5.49. The van der Waals surface area contributed by atoms with E-state index in [1.165, 1.54) is 0 Å². The lowest BCUT2D eigenvalue weighted by atomic mass is 10.2. The summed E-state index contributed by atoms with van der Waals surface area (Å²) in [6, 6.07) is 10.4. The fraction of sp³-hybridized carbons (Fsp3) is 0.500. The summed E-state index contributed by atoms with van der Waals surface area (Å²) < 4.78 is 10.9. The lowest BCUT2D eigenvalue weighted by molar-refractivity contribution is 0.195. The molecule has 18 heavy (non-hydrogen) atoms. The van der Waals surface area contributed by atoms with E-state index in [0.717, 1.165) is 37.5 Å². The third-order valence-electron chi connectivity index (χ3n) is 2.84. The van der Waals surface area contributed by atoms with Crippen LogP contribution in [-0.2, 0) is 4.74 Å². The number of benzene rings is 1. The van der Waals surface area contributed by atoms with Crippen LogP contribution in [0, 0.1) is 11.3 Å². The second-order valence-electron chi connectivity index (χ2n) is 4.34. The minimum Gasteiger partial charge on any atom is -0.493 e. The van der Waals surface area contributed by atoms with Gasteiger partial charge < -0.3 is 14.8 Å². The van der Waals surface area contributed by atoms with Crippen molar-refractivity contribution in [1.29, 1.82) is 5.26 Å². The number of hydrogen-bond donors (Lipinski definition) is 1. The molecule has 1 heterocycles. The first-order chi connectivity index (χ1) is 8.88. The van der Waals surface area contributed by atoms with Gasteiger partial charge in [-0.1, -0.05) is 6.07 Å². The minimum absolute atomic E-state index is 0.402. The summed E-state index contributed by atoms with van der Waals surface area (Å²) in [5.41, 5.74) is 1.06. The normalized spacial score (nSPS) is 18.3. The Bertz CT molecular complexity index is 409. The van der Waals surface area contributed by atoms with Gasteiger partial charge in [-0.15, -0.1) is 0 Å². The van der Waals surface area contributed by atoms with Crippen LogP contribution in [-0.4, -0.2) is 25.9 Å². The maximum Gasteiger partial charge on any atom is 0.121 e. The van der Waals surface area contributed by atoms with E-state index in [4.69, 9.17) is 14.7 Å². The van der Waals surface area contributed by atoms with Crippen molar-refractivity contribution in [3.05, 3.63) is 24.3 Å². The van der Waals surface area contributed by atoms with Crippen LogP contribution >= 0.6 is 0 Å². The topological polar surface area (TPSA) is 54.3 Å². The van der Waals surface area contributed by atoms with E-state index >= 15 is 0 Å². The first-order valence-corrected chi connectivity index (χ1v) is 6.32. The Balaban J connectivity index is 1.82. The van der Waals surface area contributed by atoms with E-state index in [1.54, 1.807) is 0 Å². The third-order valence-corrected chi connectivity index (χ3v) is 2.84. The highest BCUT2D eigenvalue weighted by Crippen LogP contribution is 2.20. The fourth-order valence-electron chi connectivity index (χ4n) is 1.90. The molecule has 1 aromatic rings. The fourth-order valence-corrected chi connectivity index (χ4v) is 1.90. The van der Waals surface area contributed by atoms with Gasteiger partial charge in [0.25, 0.3) is 0 Å². The Hall–Kier alpha value is -1.73. The Morgan fingerprint density at radius 3 is 3.22 bits per heavy atom. The molecule has 1 atom stereocenters. The van der Waals surface area contributed by atoms with Crippen molar-refractivity contribution in [2.24, 2.45) is 0 Å². The second-order valence-corrected chi connectivity index (χ2v) is 4.34. The highest BCUT2D eigenvalue weighted by Gasteiger charge is 2.14. The molecule has 1 aliphatic rings. The van der Waals surface area contributed by atoms with Gasteiger partial charge in [0.05, 0.1) is 25.3 Å². The predicted molar refractivity (Wildman–Crippen MR) is 69.6 cm³/mol. The summed E-state index contributed by atoms with van der Waals surface area (Å²) in [7, 11) is 0. The Morgan fingerprint density at radius 1 is 1.50 bits per heavy atom. The van der Waals surface area contributed by atoms with Gasteiger partial charge >= 0.3 is 0 Å². The molecule has 1 saturated heterocycles. The molecule has 0 aromatic heterocycles. The molecule has 1 fully saturated rings. The number of unbranched alkanes of at least 4 members (excludes halogenated alkanes) is 1. The van der Waals surface area contributed by atoms with Crippen LogP contribution in [0.15, 0.2) is 24.3 Å². The van der Waals surface area contributed by atoms with E-state index in [1.807, 2.05) is 24.3 Å². The lowest BCUT2D eigenvalue weighted by Gasteiger charge is -2.13. The number of nitriles is 1. The maximum absolute atomic E-state index is 8.44. The van der Waals surface area contributed by atoms with Crippen LogP contribution in [0.25, 0.3) is 0 Å². The average Bonchev–Trinajstić information content (AvgIpc) is 2.88. The SMILES string of the molecule is N#CCCCOc1cccc(NC2CCOC2)c1. The van der Waals surface area contributed by atoms with Crippen molar-refractivity contribution in [1.82, 2.24) is 0 Å². The van der Waals surface area contributed by atoms with Crippen molar-refractivity contribution in [2.45, 2.75) is 25.3 Å². The number of nitrogens with zero attached hydrogens (tertiary/aromatic N) is 1. The number of anilines is 1. The molecule has 96 valence electrons. The van der Waals surface area contributed by atoms with Crippen LogP contribution < -0.4 is 10.1 Å². The van der Waals surface area contributed by atoms with E-state index in [-0.39, 0.29) is 0 Å². The first-order valence-electron chi connectivity index (χ1n) is 6.32. The molecule has 4 heteroatoms. The van der Waals surface area contributed by atoms with E-state index in [9.17, 15) is 0 Å². The van der Waals surface area contributed by atoms with Crippen LogP contribution in [0.1, 0.15) is 19.3 Å². The standard InChI is InChI=1S/C14H18N2O2/c15-7-1-2-8-18-14-5-3-4-12(10-14)16-13-6-9-17-11-13/h3-5,10,13,16H,1-2,6,8-9,11H2. The van der Waals surface area contributed by atoms with Crippen molar-refractivity contribution in [3.8, 4) is 11.8 Å². The van der Waals surface area contributed by atoms with E-state index in [2.05, 4.69) is 11.4 Å². The summed E-state index contributed by atoms with van der Waals surface area (Å²) >= 11 is 0. The minimum atomic E-state index is 0.402. The summed E-state index contributed by atoms with van der Waals surface area (Å²) in [5.74, 6) is 0.844. The summed E-state index contributed by atoms with van der Waals surface area (Å²) in [6.07, 6.45) is 2.36. The summed E-state index contributed by atoms with van der Waals surface area (Å²) in [4.78, 5) is 0. The van der Waals surface area contributed by atoms with Crippen LogP contribution in [0.3, 0.4) is 0 Å². The molecule has 2 rings (SSSR count). The molecule has 0 aliphatic carbocycles. The van der Waals surface area contributed by atoms with Gasteiger partial charge in [-0.2, -0.15) is 5.26 Å². The molecule has 4 nitrogen and oxygen atoms in total. The predicted octanol–water partition coefficient (Wildman–Crippen LogP) is 2.57. The lowest BCUT2D eigenvalue weighted by Crippen LogP contribution is -2.18. The third kappa shape index (κ3) is 3.94. The maximum atomic E-state index is 8.44. The zero-order valence-corrected chi connectivity index (χ0v) is 10.4. The Kier molecular flexibility index (Phi) is 4.86. The molecule has 0 saturated carbocycles. The number of ether oxygens (including phenoxy) is 2. The van der Waals surface area contributed by atoms with Crippen molar-refractivity contribution in [2.75, 3.05) is 25.1 Å². The molecule has 0 bridgehead atoms. The van der Waals surface area contributed by atoms with Crippen LogP contribution in [0.5, 0.6) is 5.75 Å².